The Morgan fingerprint density at radius 3 is 3.09 bits per heavy atom. The normalized spacial score (nSPS) is 17.9. The summed E-state index contributed by atoms with van der Waals surface area (Å²) < 4.78 is 12.5. The molecule has 0 unspecified atom stereocenters. The average molecular weight is 321 g/mol. The highest BCUT2D eigenvalue weighted by atomic mass is 16.5. The van der Waals surface area contributed by atoms with Gasteiger partial charge in [-0.2, -0.15) is 9.97 Å². The topological polar surface area (TPSA) is 108 Å². The summed E-state index contributed by atoms with van der Waals surface area (Å²) >= 11 is 0. The van der Waals surface area contributed by atoms with Gasteiger partial charge in [-0.25, -0.2) is 4.79 Å². The molecule has 1 atom stereocenters. The molecule has 0 aromatic carbocycles. The molecule has 3 heterocycles. The van der Waals surface area contributed by atoms with E-state index in [2.05, 4.69) is 21.9 Å². The van der Waals surface area contributed by atoms with Crippen LogP contribution in [0.4, 0.5) is 5.82 Å². The van der Waals surface area contributed by atoms with E-state index >= 15 is 0 Å². The van der Waals surface area contributed by atoms with Gasteiger partial charge in [0.05, 0.1) is 6.61 Å². The Kier molecular flexibility index (Phi) is 4.80. The fraction of sp³-hybridized carbons (Fsp3) is 0.667. The minimum atomic E-state index is -0.217. The Balaban J connectivity index is 1.83. The van der Waals surface area contributed by atoms with Gasteiger partial charge in [-0.05, 0) is 25.2 Å². The van der Waals surface area contributed by atoms with Crippen molar-refractivity contribution < 1.29 is 9.47 Å². The van der Waals surface area contributed by atoms with E-state index in [1.165, 1.54) is 0 Å². The first-order valence-electron chi connectivity index (χ1n) is 8.15. The molecule has 8 heteroatoms. The highest BCUT2D eigenvalue weighted by Crippen LogP contribution is 2.20. The fourth-order valence-electron chi connectivity index (χ4n) is 2.73. The molecule has 0 saturated carbocycles. The van der Waals surface area contributed by atoms with Gasteiger partial charge in [0.15, 0.2) is 11.5 Å². The number of nitrogens with one attached hydrogen (secondary N) is 1. The Morgan fingerprint density at radius 1 is 1.48 bits per heavy atom. The summed E-state index contributed by atoms with van der Waals surface area (Å²) in [4.78, 5) is 23.4. The number of ether oxygens (including phenoxy) is 2. The van der Waals surface area contributed by atoms with Gasteiger partial charge in [-0.15, -0.1) is 0 Å². The summed E-state index contributed by atoms with van der Waals surface area (Å²) in [7, 11) is 0. The number of hydrogen-bond donors (Lipinski definition) is 2. The standard InChI is InChI=1S/C15H23N5O3/c1-2-3-7-23-14-18-12(16)11-13(19-14)20(15(21)17-11)6-4-10-5-8-22-9-10/h10H,2-9H2,1H3,(H,17,21)(H2,16,18,19)/t10-/m0/s1. The van der Waals surface area contributed by atoms with Gasteiger partial charge in [0.1, 0.15) is 5.52 Å². The van der Waals surface area contributed by atoms with Crippen LogP contribution in [0.2, 0.25) is 0 Å². The van der Waals surface area contributed by atoms with Crippen molar-refractivity contribution in [3.8, 4) is 6.01 Å². The number of hydrogen-bond acceptors (Lipinski definition) is 6. The Bertz CT molecular complexity index is 718. The number of nitrogen functional groups attached to an aromatic ring is 1. The van der Waals surface area contributed by atoms with Crippen LogP contribution in [0.3, 0.4) is 0 Å². The van der Waals surface area contributed by atoms with Crippen LogP contribution in [-0.2, 0) is 11.3 Å². The number of anilines is 1. The Labute approximate surface area is 134 Å². The summed E-state index contributed by atoms with van der Waals surface area (Å²) in [5, 5.41) is 0. The van der Waals surface area contributed by atoms with E-state index in [1.54, 1.807) is 4.57 Å². The van der Waals surface area contributed by atoms with Gasteiger partial charge >= 0.3 is 11.7 Å². The van der Waals surface area contributed by atoms with Crippen molar-refractivity contribution in [1.82, 2.24) is 19.5 Å². The number of unbranched alkanes of at least 4 members (excludes halogenated alkanes) is 1. The number of H-pyrrole nitrogens is 1. The minimum Gasteiger partial charge on any atom is -0.463 e. The zero-order chi connectivity index (χ0) is 16.2. The molecule has 2 aromatic rings. The van der Waals surface area contributed by atoms with E-state index in [0.717, 1.165) is 38.9 Å². The van der Waals surface area contributed by atoms with Gasteiger partial charge in [-0.3, -0.25) is 4.57 Å². The molecule has 8 nitrogen and oxygen atoms in total. The SMILES string of the molecule is CCCCOc1nc(N)c2[nH]c(=O)n(CC[C@H]3CCOC3)c2n1. The van der Waals surface area contributed by atoms with Crippen molar-refractivity contribution in [2.75, 3.05) is 25.6 Å². The molecule has 0 radical (unpaired) electrons. The lowest BCUT2D eigenvalue weighted by Gasteiger charge is -2.09. The zero-order valence-corrected chi connectivity index (χ0v) is 13.4. The smallest absolute Gasteiger partial charge is 0.327 e. The second-order valence-electron chi connectivity index (χ2n) is 5.89. The van der Waals surface area contributed by atoms with E-state index in [0.29, 0.717) is 30.2 Å². The van der Waals surface area contributed by atoms with E-state index in [-0.39, 0.29) is 17.5 Å². The number of imidazole rings is 1. The maximum Gasteiger partial charge on any atom is 0.327 e. The van der Waals surface area contributed by atoms with Crippen LogP contribution in [0.15, 0.2) is 4.79 Å². The summed E-state index contributed by atoms with van der Waals surface area (Å²) in [6.07, 6.45) is 3.86. The second kappa shape index (κ2) is 6.99. The highest BCUT2D eigenvalue weighted by Gasteiger charge is 2.18. The number of aromatic nitrogens is 4. The summed E-state index contributed by atoms with van der Waals surface area (Å²) in [5.41, 5.74) is 6.69. The molecule has 126 valence electrons. The van der Waals surface area contributed by atoms with Crippen molar-refractivity contribution in [2.45, 2.75) is 39.2 Å². The molecule has 2 aromatic heterocycles. The summed E-state index contributed by atoms with van der Waals surface area (Å²) in [6, 6.07) is 0.223. The number of aryl methyl sites for hydroxylation is 1. The van der Waals surface area contributed by atoms with Gasteiger partial charge in [0, 0.05) is 19.8 Å². The van der Waals surface area contributed by atoms with Crippen molar-refractivity contribution in [3.63, 3.8) is 0 Å². The molecule has 0 bridgehead atoms. The Hall–Kier alpha value is -2.09. The van der Waals surface area contributed by atoms with Crippen LogP contribution in [0, 0.1) is 5.92 Å². The molecule has 1 fully saturated rings. The third-order valence-electron chi connectivity index (χ3n) is 4.14. The molecular formula is C15H23N5O3. The molecule has 23 heavy (non-hydrogen) atoms. The number of rotatable bonds is 7. The molecule has 1 aliphatic rings. The second-order valence-corrected chi connectivity index (χ2v) is 5.89. The fourth-order valence-corrected chi connectivity index (χ4v) is 2.73. The lowest BCUT2D eigenvalue weighted by Crippen LogP contribution is -2.19. The van der Waals surface area contributed by atoms with Crippen LogP contribution >= 0.6 is 0 Å². The number of fused-ring (bicyclic) bond motifs is 1. The maximum atomic E-state index is 12.2. The number of aromatic amines is 1. The number of nitrogens with two attached hydrogens (primary N) is 1. The van der Waals surface area contributed by atoms with Crippen LogP contribution in [-0.4, -0.2) is 39.3 Å². The zero-order valence-electron chi connectivity index (χ0n) is 13.4. The third kappa shape index (κ3) is 3.47. The van der Waals surface area contributed by atoms with Gasteiger partial charge in [-0.1, -0.05) is 13.3 Å². The molecular weight excluding hydrogens is 298 g/mol. The van der Waals surface area contributed by atoms with Crippen molar-refractivity contribution in [2.24, 2.45) is 5.92 Å². The van der Waals surface area contributed by atoms with E-state index in [9.17, 15) is 4.79 Å². The van der Waals surface area contributed by atoms with E-state index in [4.69, 9.17) is 15.2 Å². The molecule has 1 aliphatic heterocycles. The van der Waals surface area contributed by atoms with E-state index < -0.39 is 0 Å². The van der Waals surface area contributed by atoms with Crippen LogP contribution in [0.1, 0.15) is 32.6 Å². The lowest BCUT2D eigenvalue weighted by atomic mass is 10.1. The van der Waals surface area contributed by atoms with Crippen molar-refractivity contribution >= 4 is 17.0 Å². The molecule has 1 saturated heterocycles. The van der Waals surface area contributed by atoms with Crippen molar-refractivity contribution in [1.29, 1.82) is 0 Å². The van der Waals surface area contributed by atoms with Crippen LogP contribution in [0.25, 0.3) is 11.2 Å². The van der Waals surface area contributed by atoms with E-state index in [1.807, 2.05) is 0 Å². The van der Waals surface area contributed by atoms with Crippen LogP contribution < -0.4 is 16.2 Å². The molecule has 0 aliphatic carbocycles. The predicted molar refractivity (Wildman–Crippen MR) is 86.5 cm³/mol. The Morgan fingerprint density at radius 2 is 2.35 bits per heavy atom. The van der Waals surface area contributed by atoms with Crippen LogP contribution in [0.5, 0.6) is 6.01 Å². The quantitative estimate of drug-likeness (QED) is 0.744. The monoisotopic (exact) mass is 321 g/mol. The summed E-state index contributed by atoms with van der Waals surface area (Å²) in [5.74, 6) is 0.729. The first-order chi connectivity index (χ1) is 11.2. The average Bonchev–Trinajstić information content (AvgIpc) is 3.14. The molecule has 0 amide bonds. The van der Waals surface area contributed by atoms with Gasteiger partial charge in [0.2, 0.25) is 0 Å². The molecule has 0 spiro atoms. The summed E-state index contributed by atoms with van der Waals surface area (Å²) in [6.45, 7) is 4.77. The molecule has 3 rings (SSSR count). The lowest BCUT2D eigenvalue weighted by molar-refractivity contribution is 0.183. The first kappa shape index (κ1) is 15.8. The first-order valence-corrected chi connectivity index (χ1v) is 8.15. The van der Waals surface area contributed by atoms with Gasteiger partial charge in [0.25, 0.3) is 0 Å². The minimum absolute atomic E-state index is 0.217. The van der Waals surface area contributed by atoms with Gasteiger partial charge < -0.3 is 20.2 Å². The highest BCUT2D eigenvalue weighted by molar-refractivity contribution is 5.81. The largest absolute Gasteiger partial charge is 0.463 e. The maximum absolute atomic E-state index is 12.2. The predicted octanol–water partition coefficient (Wildman–Crippen LogP) is 1.31. The van der Waals surface area contributed by atoms with Crippen molar-refractivity contribution in [3.05, 3.63) is 10.5 Å². The molecule has 3 N–H and O–H groups in total. The number of nitrogens with zero attached hydrogens (tertiary/aromatic N) is 3. The third-order valence-corrected chi connectivity index (χ3v) is 4.14.